The second kappa shape index (κ2) is 4.49. The Hall–Kier alpha value is -2.76. The summed E-state index contributed by atoms with van der Waals surface area (Å²) in [6.07, 6.45) is 1.65. The Morgan fingerprint density at radius 1 is 1.16 bits per heavy atom. The van der Waals surface area contributed by atoms with Crippen molar-refractivity contribution in [3.05, 3.63) is 58.6 Å². The highest BCUT2D eigenvalue weighted by atomic mass is 16.1. The van der Waals surface area contributed by atoms with E-state index < -0.39 is 0 Å². The molecular formula is C13H11N5O. The van der Waals surface area contributed by atoms with Gasteiger partial charge in [0.15, 0.2) is 11.3 Å². The van der Waals surface area contributed by atoms with Gasteiger partial charge in [-0.1, -0.05) is 18.2 Å². The van der Waals surface area contributed by atoms with Crippen LogP contribution >= 0.6 is 0 Å². The smallest absolute Gasteiger partial charge is 0.297 e. The third kappa shape index (κ3) is 2.03. The second-order valence-electron chi connectivity index (χ2n) is 4.04. The molecule has 0 atom stereocenters. The van der Waals surface area contributed by atoms with Crippen molar-refractivity contribution in [2.24, 2.45) is 10.2 Å². The first-order valence-electron chi connectivity index (χ1n) is 5.79. The van der Waals surface area contributed by atoms with E-state index in [4.69, 9.17) is 0 Å². The molecule has 1 aromatic carbocycles. The molecule has 2 aromatic heterocycles. The summed E-state index contributed by atoms with van der Waals surface area (Å²) in [7, 11) is 0. The van der Waals surface area contributed by atoms with E-state index in [1.807, 2.05) is 30.3 Å². The number of nitrogens with one attached hydrogen (secondary N) is 1. The molecule has 0 aliphatic heterocycles. The van der Waals surface area contributed by atoms with Gasteiger partial charge in [-0.3, -0.25) is 9.89 Å². The Morgan fingerprint density at radius 2 is 1.95 bits per heavy atom. The minimum Gasteiger partial charge on any atom is -0.297 e. The minimum atomic E-state index is -0.257. The summed E-state index contributed by atoms with van der Waals surface area (Å²) < 4.78 is 1.34. The molecule has 0 amide bonds. The first-order valence-corrected chi connectivity index (χ1v) is 5.79. The molecule has 3 aromatic rings. The topological polar surface area (TPSA) is 74.9 Å². The van der Waals surface area contributed by atoms with Crippen LogP contribution in [-0.4, -0.2) is 14.6 Å². The normalized spacial score (nSPS) is 11.4. The number of azo groups is 1. The van der Waals surface area contributed by atoms with Gasteiger partial charge in [0.25, 0.3) is 0 Å². The quantitative estimate of drug-likeness (QED) is 0.713. The highest BCUT2D eigenvalue weighted by molar-refractivity contribution is 5.47. The maximum Gasteiger partial charge on any atom is 0.300 e. The van der Waals surface area contributed by atoms with Crippen LogP contribution in [0.2, 0.25) is 0 Å². The molecule has 0 unspecified atom stereocenters. The van der Waals surface area contributed by atoms with Crippen molar-refractivity contribution in [3.8, 4) is 0 Å². The van der Waals surface area contributed by atoms with Crippen LogP contribution in [-0.2, 0) is 0 Å². The lowest BCUT2D eigenvalue weighted by atomic mass is 10.3. The van der Waals surface area contributed by atoms with E-state index in [1.165, 1.54) is 4.52 Å². The molecule has 2 heterocycles. The number of aryl methyl sites for hydroxylation is 1. The zero-order valence-electron chi connectivity index (χ0n) is 10.2. The third-order valence-electron chi connectivity index (χ3n) is 2.72. The third-order valence-corrected chi connectivity index (χ3v) is 2.72. The Morgan fingerprint density at radius 3 is 2.74 bits per heavy atom. The molecule has 0 fully saturated rings. The van der Waals surface area contributed by atoms with E-state index in [1.54, 1.807) is 19.2 Å². The van der Waals surface area contributed by atoms with Crippen molar-refractivity contribution in [1.82, 2.24) is 14.6 Å². The molecule has 0 saturated carbocycles. The summed E-state index contributed by atoms with van der Waals surface area (Å²) in [6, 6.07) is 11.0. The SMILES string of the molecule is Cc1nc2cc[nH]n2c(=O)c1N=Nc1ccccc1. The standard InChI is InChI=1S/C13H11N5O/c1-9-12(17-16-10-5-3-2-4-6-10)13(19)18-11(15-9)7-8-14-18/h2-8,14H,1H3. The summed E-state index contributed by atoms with van der Waals surface area (Å²) in [5.41, 5.74) is 1.80. The molecular weight excluding hydrogens is 242 g/mol. The number of hydrogen-bond acceptors (Lipinski definition) is 4. The van der Waals surface area contributed by atoms with Gasteiger partial charge >= 0.3 is 5.56 Å². The lowest BCUT2D eigenvalue weighted by Crippen LogP contribution is -2.15. The molecule has 3 rings (SSSR count). The van der Waals surface area contributed by atoms with Crippen LogP contribution in [0.3, 0.4) is 0 Å². The lowest BCUT2D eigenvalue weighted by Gasteiger charge is -1.99. The van der Waals surface area contributed by atoms with Crippen LogP contribution in [0.25, 0.3) is 5.65 Å². The van der Waals surface area contributed by atoms with E-state index in [0.717, 1.165) is 0 Å². The van der Waals surface area contributed by atoms with Gasteiger partial charge in [-0.2, -0.15) is 9.63 Å². The molecule has 94 valence electrons. The fourth-order valence-corrected chi connectivity index (χ4v) is 1.78. The van der Waals surface area contributed by atoms with Gasteiger partial charge in [0, 0.05) is 12.3 Å². The molecule has 0 bridgehead atoms. The molecule has 0 radical (unpaired) electrons. The maximum atomic E-state index is 12.2. The Kier molecular flexibility index (Phi) is 2.68. The maximum absolute atomic E-state index is 12.2. The molecule has 0 spiro atoms. The molecule has 0 aliphatic carbocycles. The van der Waals surface area contributed by atoms with Crippen molar-refractivity contribution in [2.75, 3.05) is 0 Å². The highest BCUT2D eigenvalue weighted by Gasteiger charge is 2.09. The van der Waals surface area contributed by atoms with E-state index in [0.29, 0.717) is 17.0 Å². The van der Waals surface area contributed by atoms with Crippen molar-refractivity contribution >= 4 is 17.0 Å². The van der Waals surface area contributed by atoms with Gasteiger partial charge < -0.3 is 0 Å². The highest BCUT2D eigenvalue weighted by Crippen LogP contribution is 2.17. The number of fused-ring (bicyclic) bond motifs is 1. The number of benzene rings is 1. The summed E-state index contributed by atoms with van der Waals surface area (Å²) in [6.45, 7) is 1.74. The second-order valence-corrected chi connectivity index (χ2v) is 4.04. The van der Waals surface area contributed by atoms with Crippen LogP contribution in [0.15, 0.2) is 57.6 Å². The lowest BCUT2D eigenvalue weighted by molar-refractivity contribution is 0.884. The Balaban J connectivity index is 2.10. The van der Waals surface area contributed by atoms with Crippen LogP contribution in [0.5, 0.6) is 0 Å². The average Bonchev–Trinajstić information content (AvgIpc) is 2.88. The van der Waals surface area contributed by atoms with Gasteiger partial charge in [-0.15, -0.1) is 5.11 Å². The van der Waals surface area contributed by atoms with Crippen molar-refractivity contribution in [2.45, 2.75) is 6.92 Å². The molecule has 0 saturated heterocycles. The van der Waals surface area contributed by atoms with Gasteiger partial charge in [-0.25, -0.2) is 4.98 Å². The van der Waals surface area contributed by atoms with Crippen LogP contribution in [0, 0.1) is 6.92 Å². The van der Waals surface area contributed by atoms with E-state index in [2.05, 4.69) is 20.3 Å². The molecule has 6 nitrogen and oxygen atoms in total. The van der Waals surface area contributed by atoms with Gasteiger partial charge in [0.2, 0.25) is 0 Å². The largest absolute Gasteiger partial charge is 0.300 e. The first kappa shape index (κ1) is 11.3. The van der Waals surface area contributed by atoms with Crippen molar-refractivity contribution in [3.63, 3.8) is 0 Å². The summed E-state index contributed by atoms with van der Waals surface area (Å²) in [4.78, 5) is 16.5. The molecule has 19 heavy (non-hydrogen) atoms. The number of aromatic nitrogens is 3. The van der Waals surface area contributed by atoms with Crippen molar-refractivity contribution < 1.29 is 0 Å². The average molecular weight is 253 g/mol. The minimum absolute atomic E-state index is 0.240. The molecule has 6 heteroatoms. The number of rotatable bonds is 2. The van der Waals surface area contributed by atoms with Gasteiger partial charge in [-0.05, 0) is 19.1 Å². The Bertz CT molecular complexity index is 801. The van der Waals surface area contributed by atoms with Gasteiger partial charge in [0.05, 0.1) is 11.4 Å². The van der Waals surface area contributed by atoms with E-state index in [9.17, 15) is 4.79 Å². The Labute approximate surface area is 108 Å². The molecule has 1 N–H and O–H groups in total. The fraction of sp³-hybridized carbons (Fsp3) is 0.0769. The van der Waals surface area contributed by atoms with Crippen LogP contribution < -0.4 is 5.56 Å². The number of aromatic amines is 1. The number of hydrogen-bond donors (Lipinski definition) is 1. The summed E-state index contributed by atoms with van der Waals surface area (Å²) in [5, 5.41) is 10.9. The monoisotopic (exact) mass is 253 g/mol. The summed E-state index contributed by atoms with van der Waals surface area (Å²) >= 11 is 0. The van der Waals surface area contributed by atoms with E-state index >= 15 is 0 Å². The first-order chi connectivity index (χ1) is 9.25. The van der Waals surface area contributed by atoms with Gasteiger partial charge in [0.1, 0.15) is 0 Å². The predicted octanol–water partition coefficient (Wildman–Crippen LogP) is 2.75. The predicted molar refractivity (Wildman–Crippen MR) is 71.2 cm³/mol. The van der Waals surface area contributed by atoms with Crippen LogP contribution in [0.4, 0.5) is 11.4 Å². The van der Waals surface area contributed by atoms with E-state index in [-0.39, 0.29) is 11.2 Å². The number of nitrogens with zero attached hydrogens (tertiary/aromatic N) is 4. The van der Waals surface area contributed by atoms with Crippen molar-refractivity contribution in [1.29, 1.82) is 0 Å². The van der Waals surface area contributed by atoms with Crippen LogP contribution in [0.1, 0.15) is 5.69 Å². The fourth-order valence-electron chi connectivity index (χ4n) is 1.78. The zero-order valence-corrected chi connectivity index (χ0v) is 10.2. The molecule has 0 aliphatic rings. The zero-order chi connectivity index (χ0) is 13.2. The number of H-pyrrole nitrogens is 1. The summed E-state index contributed by atoms with van der Waals surface area (Å²) in [5.74, 6) is 0.